The van der Waals surface area contributed by atoms with Gasteiger partial charge in [-0.25, -0.2) is 13.8 Å². The average molecular weight is 468 g/mol. The van der Waals surface area contributed by atoms with E-state index >= 15 is 0 Å². The summed E-state index contributed by atoms with van der Waals surface area (Å²) in [6.07, 6.45) is 3.36. The number of benzene rings is 2. The highest BCUT2D eigenvalue weighted by Gasteiger charge is 2.30. The van der Waals surface area contributed by atoms with Crippen LogP contribution in [0.25, 0.3) is 11.0 Å². The molecule has 0 spiro atoms. The number of amides is 1. The Labute approximate surface area is 196 Å². The highest BCUT2D eigenvalue weighted by molar-refractivity contribution is 5.98. The van der Waals surface area contributed by atoms with Crippen LogP contribution in [0.3, 0.4) is 0 Å². The van der Waals surface area contributed by atoms with Crippen molar-refractivity contribution in [2.45, 2.75) is 18.9 Å². The van der Waals surface area contributed by atoms with Crippen molar-refractivity contribution >= 4 is 28.4 Å². The zero-order valence-corrected chi connectivity index (χ0v) is 19.3. The second-order valence-electron chi connectivity index (χ2n) is 8.94. The number of fused-ring (bicyclic) bond motifs is 1. The number of nitrogens with zero attached hydrogens (tertiary/aromatic N) is 5. The summed E-state index contributed by atoms with van der Waals surface area (Å²) in [5.41, 5.74) is 3.16. The molecule has 0 saturated carbocycles. The Morgan fingerprint density at radius 2 is 1.79 bits per heavy atom. The van der Waals surface area contributed by atoms with Crippen LogP contribution >= 0.6 is 0 Å². The summed E-state index contributed by atoms with van der Waals surface area (Å²) >= 11 is 0. The molecule has 2 fully saturated rings. The first-order chi connectivity index (χ1) is 16.4. The van der Waals surface area contributed by atoms with Gasteiger partial charge in [-0.05, 0) is 37.1 Å². The molecule has 178 valence electrons. The van der Waals surface area contributed by atoms with Gasteiger partial charge >= 0.3 is 0 Å². The first-order valence-corrected chi connectivity index (χ1v) is 11.5. The van der Waals surface area contributed by atoms with Gasteiger partial charge < -0.3 is 19.4 Å². The predicted molar refractivity (Wildman–Crippen MR) is 126 cm³/mol. The van der Waals surface area contributed by atoms with Gasteiger partial charge in [-0.3, -0.25) is 9.78 Å². The number of aromatic nitrogens is 2. The summed E-state index contributed by atoms with van der Waals surface area (Å²) in [6, 6.07) is 7.01. The van der Waals surface area contributed by atoms with Crippen molar-refractivity contribution in [1.82, 2.24) is 14.9 Å². The molecular formula is C25H27F2N5O2. The van der Waals surface area contributed by atoms with E-state index in [0.717, 1.165) is 43.4 Å². The molecule has 0 unspecified atom stereocenters. The Morgan fingerprint density at radius 1 is 1.06 bits per heavy atom. The molecule has 7 nitrogen and oxygen atoms in total. The van der Waals surface area contributed by atoms with Crippen LogP contribution in [0.15, 0.2) is 36.5 Å². The zero-order chi connectivity index (χ0) is 23.8. The minimum absolute atomic E-state index is 0.136. The standard InChI is InChI=1S/C25H27F2N5O2/c1-30(2)25(33)16-10-20(22-4-3-5-32(22)19-13-17(26)12-18(27)14-19)24-21(11-16)28-15-23(29-24)31-6-8-34-9-7-31/h10-15,22H,3-9H2,1-2H3/t22-/m1/s1. The van der Waals surface area contributed by atoms with Gasteiger partial charge in [0.25, 0.3) is 5.91 Å². The van der Waals surface area contributed by atoms with E-state index in [1.165, 1.54) is 17.0 Å². The van der Waals surface area contributed by atoms with E-state index in [9.17, 15) is 13.6 Å². The number of anilines is 2. The van der Waals surface area contributed by atoms with Gasteiger partial charge in [-0.15, -0.1) is 0 Å². The molecule has 2 aliphatic rings. The molecule has 9 heteroatoms. The molecule has 3 aromatic rings. The molecule has 0 bridgehead atoms. The van der Waals surface area contributed by atoms with Gasteiger partial charge in [-0.2, -0.15) is 0 Å². The van der Waals surface area contributed by atoms with E-state index < -0.39 is 11.6 Å². The number of carbonyl (C=O) groups excluding carboxylic acids is 1. The van der Waals surface area contributed by atoms with Crippen LogP contribution in [0.2, 0.25) is 0 Å². The number of rotatable bonds is 4. The van der Waals surface area contributed by atoms with Gasteiger partial charge in [0.2, 0.25) is 0 Å². The number of morpholine rings is 1. The van der Waals surface area contributed by atoms with Gasteiger partial charge in [0, 0.05) is 56.6 Å². The normalized spacial score (nSPS) is 18.5. The van der Waals surface area contributed by atoms with E-state index in [1.807, 2.05) is 11.0 Å². The highest BCUT2D eigenvalue weighted by atomic mass is 19.1. The lowest BCUT2D eigenvalue weighted by Crippen LogP contribution is -2.36. The van der Waals surface area contributed by atoms with Crippen LogP contribution in [0.1, 0.15) is 34.8 Å². The summed E-state index contributed by atoms with van der Waals surface area (Å²) in [5, 5.41) is 0. The molecule has 0 radical (unpaired) electrons. The first-order valence-electron chi connectivity index (χ1n) is 11.5. The SMILES string of the molecule is CN(C)C(=O)c1cc([C@H]2CCCN2c2cc(F)cc(F)c2)c2nc(N3CCOCC3)cnc2c1. The van der Waals surface area contributed by atoms with Gasteiger partial charge in [0.05, 0.1) is 36.5 Å². The number of carbonyl (C=O) groups is 1. The van der Waals surface area contributed by atoms with E-state index in [4.69, 9.17) is 9.72 Å². The van der Waals surface area contributed by atoms with Crippen molar-refractivity contribution in [2.75, 3.05) is 56.7 Å². The Bertz CT molecular complexity index is 1210. The van der Waals surface area contributed by atoms with E-state index in [2.05, 4.69) is 9.88 Å². The lowest BCUT2D eigenvalue weighted by atomic mass is 9.98. The van der Waals surface area contributed by atoms with Crippen LogP contribution in [-0.2, 0) is 4.74 Å². The third-order valence-electron chi connectivity index (χ3n) is 6.44. The van der Waals surface area contributed by atoms with Gasteiger partial charge in [0.15, 0.2) is 0 Å². The largest absolute Gasteiger partial charge is 0.378 e. The van der Waals surface area contributed by atoms with Gasteiger partial charge in [0.1, 0.15) is 17.5 Å². The number of halogens is 2. The van der Waals surface area contributed by atoms with Crippen LogP contribution in [-0.4, -0.2) is 67.7 Å². The molecule has 1 aromatic heterocycles. The second kappa shape index (κ2) is 9.13. The predicted octanol–water partition coefficient (Wildman–Crippen LogP) is 3.79. The monoisotopic (exact) mass is 467 g/mol. The first kappa shape index (κ1) is 22.5. The Kier molecular flexibility index (Phi) is 6.03. The van der Waals surface area contributed by atoms with Crippen molar-refractivity contribution in [1.29, 1.82) is 0 Å². The molecule has 5 rings (SSSR count). The van der Waals surface area contributed by atoms with E-state index in [1.54, 1.807) is 26.4 Å². The number of ether oxygens (including phenoxy) is 1. The third-order valence-corrected chi connectivity index (χ3v) is 6.44. The zero-order valence-electron chi connectivity index (χ0n) is 19.3. The molecule has 1 atom stereocenters. The molecule has 1 amide bonds. The highest BCUT2D eigenvalue weighted by Crippen LogP contribution is 2.39. The maximum absolute atomic E-state index is 14.0. The third kappa shape index (κ3) is 4.27. The summed E-state index contributed by atoms with van der Waals surface area (Å²) in [7, 11) is 3.41. The minimum atomic E-state index is -0.614. The molecular weight excluding hydrogens is 440 g/mol. The Balaban J connectivity index is 1.64. The smallest absolute Gasteiger partial charge is 0.253 e. The summed E-state index contributed by atoms with van der Waals surface area (Å²) < 4.78 is 33.5. The number of hydrogen-bond acceptors (Lipinski definition) is 6. The molecule has 2 aliphatic heterocycles. The van der Waals surface area contributed by atoms with Crippen LogP contribution in [0, 0.1) is 11.6 Å². The maximum atomic E-state index is 14.0. The molecule has 3 heterocycles. The molecule has 0 aliphatic carbocycles. The number of hydrogen-bond donors (Lipinski definition) is 0. The van der Waals surface area contributed by atoms with Crippen molar-refractivity contribution in [2.24, 2.45) is 0 Å². The fourth-order valence-electron chi connectivity index (χ4n) is 4.82. The van der Waals surface area contributed by atoms with Crippen LogP contribution in [0.4, 0.5) is 20.3 Å². The summed E-state index contributed by atoms with van der Waals surface area (Å²) in [6.45, 7) is 3.36. The summed E-state index contributed by atoms with van der Waals surface area (Å²) in [4.78, 5) is 28.1. The Hall–Kier alpha value is -3.33. The quantitative estimate of drug-likeness (QED) is 0.582. The molecule has 2 saturated heterocycles. The van der Waals surface area contributed by atoms with E-state index in [0.29, 0.717) is 42.0 Å². The van der Waals surface area contributed by atoms with Crippen molar-refractivity contribution in [3.05, 3.63) is 59.3 Å². The second-order valence-corrected chi connectivity index (χ2v) is 8.94. The minimum Gasteiger partial charge on any atom is -0.378 e. The maximum Gasteiger partial charge on any atom is 0.253 e. The van der Waals surface area contributed by atoms with Crippen molar-refractivity contribution in [3.8, 4) is 0 Å². The topological polar surface area (TPSA) is 61.8 Å². The lowest BCUT2D eigenvalue weighted by Gasteiger charge is -2.30. The average Bonchev–Trinajstić information content (AvgIpc) is 3.32. The Morgan fingerprint density at radius 3 is 2.50 bits per heavy atom. The summed E-state index contributed by atoms with van der Waals surface area (Å²) in [5.74, 6) is -0.610. The van der Waals surface area contributed by atoms with Crippen molar-refractivity contribution < 1.29 is 18.3 Å². The van der Waals surface area contributed by atoms with Gasteiger partial charge in [-0.1, -0.05) is 0 Å². The van der Waals surface area contributed by atoms with Crippen molar-refractivity contribution in [3.63, 3.8) is 0 Å². The molecule has 34 heavy (non-hydrogen) atoms. The fourth-order valence-corrected chi connectivity index (χ4v) is 4.82. The fraction of sp³-hybridized carbons (Fsp3) is 0.400. The molecule has 2 aromatic carbocycles. The molecule has 0 N–H and O–H groups in total. The van der Waals surface area contributed by atoms with Crippen LogP contribution in [0.5, 0.6) is 0 Å². The van der Waals surface area contributed by atoms with Crippen LogP contribution < -0.4 is 9.80 Å². The van der Waals surface area contributed by atoms with E-state index in [-0.39, 0.29) is 11.9 Å². The lowest BCUT2D eigenvalue weighted by molar-refractivity contribution is 0.0827.